The zero-order valence-electron chi connectivity index (χ0n) is 10.6. The zero-order valence-corrected chi connectivity index (χ0v) is 10.6. The third-order valence-corrected chi connectivity index (χ3v) is 3.22. The van der Waals surface area contributed by atoms with Gasteiger partial charge in [-0.2, -0.15) is 0 Å². The van der Waals surface area contributed by atoms with Crippen molar-refractivity contribution in [3.8, 4) is 0 Å². The number of carbonyl (C=O) groups is 1. The first kappa shape index (κ1) is 12.1. The normalized spacial score (nSPS) is 15.2. The Kier molecular flexibility index (Phi) is 3.79. The highest BCUT2D eigenvalue weighted by Gasteiger charge is 2.22. The summed E-state index contributed by atoms with van der Waals surface area (Å²) in [6, 6.07) is 7.95. The van der Waals surface area contributed by atoms with Crippen LogP contribution in [0.1, 0.15) is 22.3 Å². The summed E-state index contributed by atoms with van der Waals surface area (Å²) in [5.41, 5.74) is 2.09. The topological polar surface area (TPSA) is 23.6 Å². The molecular weight excluding hydrogens is 212 g/mol. The van der Waals surface area contributed by atoms with E-state index in [0.29, 0.717) is 0 Å². The van der Waals surface area contributed by atoms with Crippen molar-refractivity contribution >= 4 is 5.91 Å². The zero-order chi connectivity index (χ0) is 12.3. The molecule has 1 aliphatic rings. The molecule has 1 aromatic rings. The first-order valence-electron chi connectivity index (χ1n) is 6.20. The largest absolute Gasteiger partial charge is 0.338 e. The average Bonchev–Trinajstić information content (AvgIpc) is 2.32. The fourth-order valence-corrected chi connectivity index (χ4v) is 2.27. The van der Waals surface area contributed by atoms with Gasteiger partial charge < -0.3 is 9.80 Å². The summed E-state index contributed by atoms with van der Waals surface area (Å²) in [6.45, 7) is 2.76. The molecule has 17 heavy (non-hydrogen) atoms. The van der Waals surface area contributed by atoms with Gasteiger partial charge in [0.05, 0.1) is 0 Å². The summed E-state index contributed by atoms with van der Waals surface area (Å²) in [6.07, 6.45) is 2.03. The molecule has 1 aliphatic heterocycles. The van der Waals surface area contributed by atoms with Crippen LogP contribution < -0.4 is 0 Å². The maximum Gasteiger partial charge on any atom is 0.254 e. The molecule has 0 radical (unpaired) electrons. The second kappa shape index (κ2) is 5.32. The van der Waals surface area contributed by atoms with Gasteiger partial charge >= 0.3 is 0 Å². The predicted molar refractivity (Wildman–Crippen MR) is 69.2 cm³/mol. The lowest BCUT2D eigenvalue weighted by Crippen LogP contribution is -2.38. The van der Waals surface area contributed by atoms with Crippen LogP contribution in [0.3, 0.4) is 0 Å². The Bertz CT molecular complexity index is 401. The van der Waals surface area contributed by atoms with Crippen molar-refractivity contribution < 1.29 is 4.79 Å². The molecule has 0 unspecified atom stereocenters. The molecule has 0 N–H and O–H groups in total. The molecule has 1 amide bonds. The van der Waals surface area contributed by atoms with E-state index in [1.807, 2.05) is 23.1 Å². The Balaban J connectivity index is 1.98. The van der Waals surface area contributed by atoms with E-state index in [2.05, 4.69) is 25.1 Å². The minimum atomic E-state index is 0.200. The maximum atomic E-state index is 12.2. The monoisotopic (exact) mass is 232 g/mol. The molecule has 2 rings (SSSR count). The number of amides is 1. The molecule has 0 atom stereocenters. The molecule has 0 saturated carbocycles. The highest BCUT2D eigenvalue weighted by Crippen LogP contribution is 2.18. The van der Waals surface area contributed by atoms with Gasteiger partial charge in [-0.3, -0.25) is 4.79 Å². The van der Waals surface area contributed by atoms with Crippen LogP contribution in [0.2, 0.25) is 0 Å². The number of rotatable bonds is 4. The number of hydrogen-bond acceptors (Lipinski definition) is 2. The number of hydrogen-bond donors (Lipinski definition) is 0. The molecule has 0 aliphatic carbocycles. The summed E-state index contributed by atoms with van der Waals surface area (Å²) in [5, 5.41) is 0. The van der Waals surface area contributed by atoms with Crippen molar-refractivity contribution in [3.05, 3.63) is 35.4 Å². The molecule has 0 spiro atoms. The van der Waals surface area contributed by atoms with Crippen LogP contribution in [-0.4, -0.2) is 49.4 Å². The SMILES string of the molecule is CN(C)CCCN1CCc2ccccc2C1=O. The van der Waals surface area contributed by atoms with Crippen molar-refractivity contribution in [1.82, 2.24) is 9.80 Å². The van der Waals surface area contributed by atoms with Crippen molar-refractivity contribution in [1.29, 1.82) is 0 Å². The maximum absolute atomic E-state index is 12.2. The van der Waals surface area contributed by atoms with Crippen LogP contribution in [0.5, 0.6) is 0 Å². The lowest BCUT2D eigenvalue weighted by atomic mass is 9.99. The van der Waals surface area contributed by atoms with Crippen molar-refractivity contribution in [2.24, 2.45) is 0 Å². The van der Waals surface area contributed by atoms with E-state index in [0.717, 1.165) is 38.0 Å². The Morgan fingerprint density at radius 1 is 1.29 bits per heavy atom. The third kappa shape index (κ3) is 2.86. The van der Waals surface area contributed by atoms with Gasteiger partial charge in [0.2, 0.25) is 0 Å². The van der Waals surface area contributed by atoms with Crippen molar-refractivity contribution in [2.75, 3.05) is 33.7 Å². The van der Waals surface area contributed by atoms with Gasteiger partial charge in [0.25, 0.3) is 5.91 Å². The molecular formula is C14H20N2O. The van der Waals surface area contributed by atoms with E-state index in [-0.39, 0.29) is 5.91 Å². The molecule has 92 valence electrons. The van der Waals surface area contributed by atoms with Crippen molar-refractivity contribution in [3.63, 3.8) is 0 Å². The first-order valence-corrected chi connectivity index (χ1v) is 6.20. The molecule has 1 heterocycles. The van der Waals surface area contributed by atoms with E-state index in [1.165, 1.54) is 5.56 Å². The molecule has 3 heteroatoms. The second-order valence-corrected chi connectivity index (χ2v) is 4.86. The Labute approximate surface area is 103 Å². The van der Waals surface area contributed by atoms with Gasteiger partial charge in [0.1, 0.15) is 0 Å². The van der Waals surface area contributed by atoms with Gasteiger partial charge in [-0.25, -0.2) is 0 Å². The van der Waals surface area contributed by atoms with Crippen LogP contribution >= 0.6 is 0 Å². The standard InChI is InChI=1S/C14H20N2O/c1-15(2)9-5-10-16-11-8-12-6-3-4-7-13(12)14(16)17/h3-4,6-7H,5,8-11H2,1-2H3. The fourth-order valence-electron chi connectivity index (χ4n) is 2.27. The summed E-state index contributed by atoms with van der Waals surface area (Å²) in [7, 11) is 4.13. The Morgan fingerprint density at radius 3 is 2.82 bits per heavy atom. The van der Waals surface area contributed by atoms with Gasteiger partial charge in [0, 0.05) is 18.7 Å². The first-order chi connectivity index (χ1) is 8.18. The number of fused-ring (bicyclic) bond motifs is 1. The highest BCUT2D eigenvalue weighted by molar-refractivity contribution is 5.96. The highest BCUT2D eigenvalue weighted by atomic mass is 16.2. The predicted octanol–water partition coefficient (Wildman–Crippen LogP) is 1.64. The lowest BCUT2D eigenvalue weighted by molar-refractivity contribution is 0.0734. The van der Waals surface area contributed by atoms with E-state index < -0.39 is 0 Å². The van der Waals surface area contributed by atoms with Gasteiger partial charge in [-0.05, 0) is 45.1 Å². The smallest absolute Gasteiger partial charge is 0.254 e. The average molecular weight is 232 g/mol. The second-order valence-electron chi connectivity index (χ2n) is 4.86. The van der Waals surface area contributed by atoms with Crippen LogP contribution in [0.4, 0.5) is 0 Å². The van der Waals surface area contributed by atoms with Gasteiger partial charge in [-0.1, -0.05) is 18.2 Å². The Hall–Kier alpha value is -1.35. The molecule has 3 nitrogen and oxygen atoms in total. The van der Waals surface area contributed by atoms with Crippen molar-refractivity contribution in [2.45, 2.75) is 12.8 Å². The van der Waals surface area contributed by atoms with Gasteiger partial charge in [0.15, 0.2) is 0 Å². The molecule has 1 aromatic carbocycles. The number of nitrogens with zero attached hydrogens (tertiary/aromatic N) is 2. The molecule has 0 fully saturated rings. The number of benzene rings is 1. The number of carbonyl (C=O) groups excluding carboxylic acids is 1. The van der Waals surface area contributed by atoms with E-state index >= 15 is 0 Å². The quantitative estimate of drug-likeness (QED) is 0.788. The lowest BCUT2D eigenvalue weighted by Gasteiger charge is -2.28. The van der Waals surface area contributed by atoms with Crippen LogP contribution in [0, 0.1) is 0 Å². The van der Waals surface area contributed by atoms with E-state index in [9.17, 15) is 4.79 Å². The summed E-state index contributed by atoms with van der Waals surface area (Å²) < 4.78 is 0. The summed E-state index contributed by atoms with van der Waals surface area (Å²) in [5.74, 6) is 0.200. The summed E-state index contributed by atoms with van der Waals surface area (Å²) in [4.78, 5) is 16.3. The van der Waals surface area contributed by atoms with Crippen LogP contribution in [0.25, 0.3) is 0 Å². The van der Waals surface area contributed by atoms with Gasteiger partial charge in [-0.15, -0.1) is 0 Å². The Morgan fingerprint density at radius 2 is 2.06 bits per heavy atom. The fraction of sp³-hybridized carbons (Fsp3) is 0.500. The minimum Gasteiger partial charge on any atom is -0.338 e. The van der Waals surface area contributed by atoms with E-state index in [1.54, 1.807) is 0 Å². The van der Waals surface area contributed by atoms with E-state index in [4.69, 9.17) is 0 Å². The summed E-state index contributed by atoms with van der Waals surface area (Å²) >= 11 is 0. The minimum absolute atomic E-state index is 0.200. The van der Waals surface area contributed by atoms with Crippen LogP contribution in [-0.2, 0) is 6.42 Å². The third-order valence-electron chi connectivity index (χ3n) is 3.22. The van der Waals surface area contributed by atoms with Crippen LogP contribution in [0.15, 0.2) is 24.3 Å². The molecule has 0 aromatic heterocycles. The molecule has 0 saturated heterocycles. The molecule has 0 bridgehead atoms.